The highest BCUT2D eigenvalue weighted by Gasteiger charge is 2.35. The second-order valence-corrected chi connectivity index (χ2v) is 5.14. The lowest BCUT2D eigenvalue weighted by atomic mass is 10.1. The topological polar surface area (TPSA) is 52.6 Å². The van der Waals surface area contributed by atoms with Crippen molar-refractivity contribution in [3.05, 3.63) is 11.0 Å². The maximum absolute atomic E-state index is 11.7. The van der Waals surface area contributed by atoms with Gasteiger partial charge in [0.25, 0.3) is 0 Å². The van der Waals surface area contributed by atoms with E-state index in [1.807, 2.05) is 0 Å². The maximum atomic E-state index is 11.7. The SMILES string of the molecule is CCOC(=O)C(C(=O)OCC)C1=CCC(=S)S1. The van der Waals surface area contributed by atoms with Crippen LogP contribution in [0.25, 0.3) is 0 Å². The first kappa shape index (κ1) is 14.2. The molecule has 1 aliphatic rings. The number of ether oxygens (including phenoxy) is 2. The van der Waals surface area contributed by atoms with E-state index < -0.39 is 17.9 Å². The number of rotatable bonds is 5. The second-order valence-electron chi connectivity index (χ2n) is 3.22. The molecule has 0 N–H and O–H groups in total. The Morgan fingerprint density at radius 2 is 1.88 bits per heavy atom. The largest absolute Gasteiger partial charge is 0.465 e. The van der Waals surface area contributed by atoms with Gasteiger partial charge in [0.1, 0.15) is 0 Å². The third-order valence-electron chi connectivity index (χ3n) is 2.03. The summed E-state index contributed by atoms with van der Waals surface area (Å²) in [7, 11) is 0. The Morgan fingerprint density at radius 3 is 2.24 bits per heavy atom. The average molecular weight is 274 g/mol. The Labute approximate surface area is 110 Å². The van der Waals surface area contributed by atoms with Crippen molar-refractivity contribution >= 4 is 40.1 Å². The van der Waals surface area contributed by atoms with E-state index >= 15 is 0 Å². The van der Waals surface area contributed by atoms with Crippen LogP contribution in [0.5, 0.6) is 0 Å². The number of esters is 2. The highest BCUT2D eigenvalue weighted by molar-refractivity contribution is 8.26. The molecule has 17 heavy (non-hydrogen) atoms. The highest BCUT2D eigenvalue weighted by Crippen LogP contribution is 2.35. The number of carbonyl (C=O) groups excluding carboxylic acids is 2. The van der Waals surface area contributed by atoms with Crippen molar-refractivity contribution in [2.24, 2.45) is 5.92 Å². The number of carbonyl (C=O) groups is 2. The summed E-state index contributed by atoms with van der Waals surface area (Å²) in [5.74, 6) is -2.14. The molecule has 0 aromatic heterocycles. The molecule has 1 rings (SSSR count). The van der Waals surface area contributed by atoms with Gasteiger partial charge in [-0.05, 0) is 13.8 Å². The molecular formula is C11H14O4S2. The van der Waals surface area contributed by atoms with Crippen LogP contribution in [0.15, 0.2) is 11.0 Å². The standard InChI is InChI=1S/C11H14O4S2/c1-3-14-10(12)9(11(13)15-4-2)7-5-6-8(16)17-7/h5,9H,3-4,6H2,1-2H3. The zero-order valence-corrected chi connectivity index (χ0v) is 11.4. The molecule has 0 atom stereocenters. The predicted molar refractivity (Wildman–Crippen MR) is 69.6 cm³/mol. The minimum Gasteiger partial charge on any atom is -0.465 e. The quantitative estimate of drug-likeness (QED) is 0.434. The van der Waals surface area contributed by atoms with E-state index in [1.165, 1.54) is 11.8 Å². The number of hydrogen-bond donors (Lipinski definition) is 0. The average Bonchev–Trinajstić information content (AvgIpc) is 2.66. The number of thioether (sulfide) groups is 1. The van der Waals surface area contributed by atoms with Gasteiger partial charge < -0.3 is 9.47 Å². The first-order chi connectivity index (χ1) is 8.10. The van der Waals surface area contributed by atoms with Crippen LogP contribution in [0.4, 0.5) is 0 Å². The molecule has 0 bridgehead atoms. The van der Waals surface area contributed by atoms with Crippen molar-refractivity contribution in [1.29, 1.82) is 0 Å². The minimum atomic E-state index is -0.986. The molecule has 1 aliphatic heterocycles. The van der Waals surface area contributed by atoms with Crippen LogP contribution in [-0.2, 0) is 19.1 Å². The lowest BCUT2D eigenvalue weighted by Crippen LogP contribution is -2.28. The van der Waals surface area contributed by atoms with Crippen molar-refractivity contribution in [2.45, 2.75) is 20.3 Å². The minimum absolute atomic E-state index is 0.233. The lowest BCUT2D eigenvalue weighted by Gasteiger charge is -2.14. The molecule has 0 fully saturated rings. The third-order valence-corrected chi connectivity index (χ3v) is 3.48. The summed E-state index contributed by atoms with van der Waals surface area (Å²) in [4.78, 5) is 24.1. The van der Waals surface area contributed by atoms with Gasteiger partial charge in [-0.2, -0.15) is 0 Å². The van der Waals surface area contributed by atoms with E-state index in [4.69, 9.17) is 21.7 Å². The summed E-state index contributed by atoms with van der Waals surface area (Å²) in [6, 6.07) is 0. The molecule has 0 radical (unpaired) electrons. The molecule has 0 saturated heterocycles. The fraction of sp³-hybridized carbons (Fsp3) is 0.545. The number of hydrogen-bond acceptors (Lipinski definition) is 6. The Kier molecular flexibility index (Phi) is 5.64. The van der Waals surface area contributed by atoms with Crippen molar-refractivity contribution in [3.63, 3.8) is 0 Å². The molecule has 0 aliphatic carbocycles. The molecule has 0 aromatic carbocycles. The van der Waals surface area contributed by atoms with Gasteiger partial charge in [0.05, 0.1) is 17.4 Å². The van der Waals surface area contributed by atoms with E-state index in [1.54, 1.807) is 19.9 Å². The van der Waals surface area contributed by atoms with Gasteiger partial charge in [-0.15, -0.1) is 0 Å². The Morgan fingerprint density at radius 1 is 1.35 bits per heavy atom. The smallest absolute Gasteiger partial charge is 0.325 e. The van der Waals surface area contributed by atoms with Gasteiger partial charge in [0, 0.05) is 11.3 Å². The zero-order chi connectivity index (χ0) is 12.8. The van der Waals surface area contributed by atoms with Crippen molar-refractivity contribution in [3.8, 4) is 0 Å². The van der Waals surface area contributed by atoms with Gasteiger partial charge >= 0.3 is 11.9 Å². The van der Waals surface area contributed by atoms with Gasteiger partial charge in [-0.3, -0.25) is 9.59 Å². The van der Waals surface area contributed by atoms with Crippen molar-refractivity contribution < 1.29 is 19.1 Å². The Bertz CT molecular complexity index is 344. The van der Waals surface area contributed by atoms with Gasteiger partial charge in [-0.25, -0.2) is 0 Å². The molecule has 0 amide bonds. The summed E-state index contributed by atoms with van der Waals surface area (Å²) >= 11 is 6.30. The first-order valence-electron chi connectivity index (χ1n) is 5.34. The van der Waals surface area contributed by atoms with Crippen LogP contribution in [0, 0.1) is 5.92 Å². The van der Waals surface area contributed by atoms with E-state index in [9.17, 15) is 9.59 Å². The third kappa shape index (κ3) is 3.81. The summed E-state index contributed by atoms with van der Waals surface area (Å²) < 4.78 is 10.5. The highest BCUT2D eigenvalue weighted by atomic mass is 32.2. The number of thiocarbonyl (C=S) groups is 1. The zero-order valence-electron chi connectivity index (χ0n) is 9.73. The van der Waals surface area contributed by atoms with Gasteiger partial charge in [0.2, 0.25) is 0 Å². The molecule has 0 spiro atoms. The van der Waals surface area contributed by atoms with Gasteiger partial charge in [0.15, 0.2) is 5.92 Å². The monoisotopic (exact) mass is 274 g/mol. The van der Waals surface area contributed by atoms with Crippen LogP contribution in [0.2, 0.25) is 0 Å². The molecule has 94 valence electrons. The first-order valence-corrected chi connectivity index (χ1v) is 6.56. The fourth-order valence-electron chi connectivity index (χ4n) is 1.36. The predicted octanol–water partition coefficient (Wildman–Crippen LogP) is 2.08. The van der Waals surface area contributed by atoms with Crippen molar-refractivity contribution in [2.75, 3.05) is 13.2 Å². The molecule has 6 heteroatoms. The van der Waals surface area contributed by atoms with E-state index in [-0.39, 0.29) is 13.2 Å². The molecule has 0 saturated carbocycles. The molecular weight excluding hydrogens is 260 g/mol. The lowest BCUT2D eigenvalue weighted by molar-refractivity contribution is -0.159. The maximum Gasteiger partial charge on any atom is 0.325 e. The van der Waals surface area contributed by atoms with Crippen molar-refractivity contribution in [1.82, 2.24) is 0 Å². The van der Waals surface area contributed by atoms with E-state index in [0.29, 0.717) is 11.3 Å². The molecule has 1 heterocycles. The van der Waals surface area contributed by atoms with Crippen LogP contribution in [0.3, 0.4) is 0 Å². The Balaban J connectivity index is 2.82. The molecule has 0 unspecified atom stereocenters. The number of allylic oxidation sites excluding steroid dienone is 1. The summed E-state index contributed by atoms with van der Waals surface area (Å²) in [5, 5.41) is 0. The van der Waals surface area contributed by atoms with Crippen LogP contribution in [-0.4, -0.2) is 29.3 Å². The van der Waals surface area contributed by atoms with Crippen LogP contribution in [0.1, 0.15) is 20.3 Å². The summed E-state index contributed by atoms with van der Waals surface area (Å²) in [5.41, 5.74) is 0. The van der Waals surface area contributed by atoms with Crippen LogP contribution < -0.4 is 0 Å². The molecule has 0 aromatic rings. The normalized spacial score (nSPS) is 14.8. The molecule has 4 nitrogen and oxygen atoms in total. The van der Waals surface area contributed by atoms with E-state index in [0.717, 1.165) is 4.20 Å². The summed E-state index contributed by atoms with van der Waals surface area (Å²) in [6.07, 6.45) is 2.39. The Hall–Kier alpha value is -0.880. The second kappa shape index (κ2) is 6.76. The van der Waals surface area contributed by atoms with Gasteiger partial charge in [-0.1, -0.05) is 30.1 Å². The van der Waals surface area contributed by atoms with Crippen LogP contribution >= 0.6 is 24.0 Å². The summed E-state index contributed by atoms with van der Waals surface area (Å²) in [6.45, 7) is 3.86. The van der Waals surface area contributed by atoms with E-state index in [2.05, 4.69) is 0 Å². The fourth-order valence-corrected chi connectivity index (χ4v) is 2.63.